The lowest BCUT2D eigenvalue weighted by Crippen LogP contribution is -2.07. The van der Waals surface area contributed by atoms with Gasteiger partial charge in [-0.2, -0.15) is 0 Å². The molecule has 2 aromatic rings. The number of hydrogen-bond donors (Lipinski definition) is 1. The van der Waals surface area contributed by atoms with Crippen molar-refractivity contribution in [3.05, 3.63) is 64.2 Å². The second-order valence-electron chi connectivity index (χ2n) is 4.65. The third kappa shape index (κ3) is 3.72. The van der Waals surface area contributed by atoms with E-state index in [4.69, 9.17) is 4.74 Å². The first kappa shape index (κ1) is 14.8. The molecule has 1 unspecified atom stereocenters. The summed E-state index contributed by atoms with van der Waals surface area (Å²) in [4.78, 5) is 10.5. The molecule has 0 fully saturated rings. The fourth-order valence-corrected chi connectivity index (χ4v) is 2.10. The van der Waals surface area contributed by atoms with Crippen molar-refractivity contribution >= 4 is 11.4 Å². The van der Waals surface area contributed by atoms with E-state index in [1.807, 2.05) is 37.3 Å². The van der Waals surface area contributed by atoms with Crippen molar-refractivity contribution in [2.75, 3.05) is 11.9 Å². The number of ether oxygens (including phenoxy) is 1. The Kier molecular flexibility index (Phi) is 4.77. The molecule has 0 saturated heterocycles. The molecule has 2 rings (SSSR count). The predicted octanol–water partition coefficient (Wildman–Crippen LogP) is 4.17. The fourth-order valence-electron chi connectivity index (χ4n) is 2.10. The Bertz CT molecular complexity index is 614. The Morgan fingerprint density at radius 1 is 1.24 bits per heavy atom. The van der Waals surface area contributed by atoms with Crippen LogP contribution in [-0.2, 0) is 0 Å². The summed E-state index contributed by atoms with van der Waals surface area (Å²) in [5.41, 5.74) is 1.92. The zero-order valence-electron chi connectivity index (χ0n) is 12.1. The molecule has 0 radical (unpaired) electrons. The molecule has 0 aromatic heterocycles. The van der Waals surface area contributed by atoms with E-state index in [-0.39, 0.29) is 17.5 Å². The molecule has 0 spiro atoms. The van der Waals surface area contributed by atoms with Crippen LogP contribution in [0, 0.1) is 10.1 Å². The van der Waals surface area contributed by atoms with Crippen molar-refractivity contribution in [2.45, 2.75) is 19.9 Å². The third-order valence-electron chi connectivity index (χ3n) is 3.14. The minimum absolute atomic E-state index is 0.0187. The van der Waals surface area contributed by atoms with E-state index in [0.29, 0.717) is 6.61 Å². The lowest BCUT2D eigenvalue weighted by molar-refractivity contribution is -0.385. The highest BCUT2D eigenvalue weighted by atomic mass is 16.6. The number of hydrogen-bond acceptors (Lipinski definition) is 4. The molecular formula is C16H18N2O3. The molecule has 1 atom stereocenters. The molecule has 0 bridgehead atoms. The summed E-state index contributed by atoms with van der Waals surface area (Å²) < 4.78 is 5.34. The highest BCUT2D eigenvalue weighted by Gasteiger charge is 2.16. The first-order chi connectivity index (χ1) is 10.1. The molecule has 0 aliphatic rings. The van der Waals surface area contributed by atoms with E-state index in [9.17, 15) is 10.1 Å². The third-order valence-corrected chi connectivity index (χ3v) is 3.14. The maximum absolute atomic E-state index is 11.0. The van der Waals surface area contributed by atoms with Gasteiger partial charge < -0.3 is 10.1 Å². The Labute approximate surface area is 123 Å². The number of anilines is 1. The van der Waals surface area contributed by atoms with Gasteiger partial charge in [0, 0.05) is 23.9 Å². The van der Waals surface area contributed by atoms with Crippen molar-refractivity contribution in [1.82, 2.24) is 0 Å². The highest BCUT2D eigenvalue weighted by Crippen LogP contribution is 2.31. The van der Waals surface area contributed by atoms with Gasteiger partial charge in [0.1, 0.15) is 0 Å². The molecule has 1 N–H and O–H groups in total. The molecule has 0 heterocycles. The van der Waals surface area contributed by atoms with Crippen molar-refractivity contribution in [3.63, 3.8) is 0 Å². The average Bonchev–Trinajstić information content (AvgIpc) is 2.48. The quantitative estimate of drug-likeness (QED) is 0.639. The van der Waals surface area contributed by atoms with Gasteiger partial charge >= 0.3 is 5.69 Å². The number of rotatable bonds is 6. The fraction of sp³-hybridized carbons (Fsp3) is 0.250. The largest absolute Gasteiger partial charge is 0.487 e. The van der Waals surface area contributed by atoms with Gasteiger partial charge in [-0.1, -0.05) is 30.3 Å². The van der Waals surface area contributed by atoms with Crippen LogP contribution in [0.1, 0.15) is 25.5 Å². The molecule has 21 heavy (non-hydrogen) atoms. The lowest BCUT2D eigenvalue weighted by Gasteiger charge is -2.16. The van der Waals surface area contributed by atoms with Crippen LogP contribution in [0.4, 0.5) is 11.4 Å². The van der Waals surface area contributed by atoms with Gasteiger partial charge in [-0.05, 0) is 25.5 Å². The normalized spacial score (nSPS) is 11.7. The van der Waals surface area contributed by atoms with Gasteiger partial charge in [-0.3, -0.25) is 10.1 Å². The van der Waals surface area contributed by atoms with E-state index in [1.165, 1.54) is 6.07 Å². The summed E-state index contributed by atoms with van der Waals surface area (Å²) >= 11 is 0. The topological polar surface area (TPSA) is 64.4 Å². The predicted molar refractivity (Wildman–Crippen MR) is 82.7 cm³/mol. The van der Waals surface area contributed by atoms with Crippen molar-refractivity contribution < 1.29 is 9.66 Å². The first-order valence-corrected chi connectivity index (χ1v) is 6.84. The number of benzene rings is 2. The number of nitrogens with one attached hydrogen (secondary N) is 1. The van der Waals surface area contributed by atoms with E-state index in [1.54, 1.807) is 19.1 Å². The van der Waals surface area contributed by atoms with E-state index < -0.39 is 4.92 Å². The summed E-state index contributed by atoms with van der Waals surface area (Å²) in [7, 11) is 0. The molecule has 0 amide bonds. The summed E-state index contributed by atoms with van der Waals surface area (Å²) in [6, 6.07) is 14.9. The summed E-state index contributed by atoms with van der Waals surface area (Å²) in [6.45, 7) is 4.23. The van der Waals surface area contributed by atoms with Gasteiger partial charge in [0.05, 0.1) is 11.5 Å². The monoisotopic (exact) mass is 286 g/mol. The zero-order valence-corrected chi connectivity index (χ0v) is 12.1. The number of nitro groups is 1. The van der Waals surface area contributed by atoms with Crippen LogP contribution in [0.25, 0.3) is 0 Å². The van der Waals surface area contributed by atoms with Crippen LogP contribution in [0.15, 0.2) is 48.5 Å². The molecule has 110 valence electrons. The summed E-state index contributed by atoms with van der Waals surface area (Å²) in [5, 5.41) is 14.3. The van der Waals surface area contributed by atoms with Crippen LogP contribution < -0.4 is 10.1 Å². The summed E-state index contributed by atoms with van der Waals surface area (Å²) in [5.74, 6) is 0.285. The highest BCUT2D eigenvalue weighted by molar-refractivity contribution is 5.58. The second-order valence-corrected chi connectivity index (χ2v) is 4.65. The van der Waals surface area contributed by atoms with Gasteiger partial charge in [0.25, 0.3) is 0 Å². The Morgan fingerprint density at radius 2 is 1.95 bits per heavy atom. The molecule has 5 nitrogen and oxygen atoms in total. The van der Waals surface area contributed by atoms with E-state index >= 15 is 0 Å². The van der Waals surface area contributed by atoms with Crippen molar-refractivity contribution in [1.29, 1.82) is 0 Å². The van der Waals surface area contributed by atoms with Crippen molar-refractivity contribution in [2.24, 2.45) is 0 Å². The summed E-state index contributed by atoms with van der Waals surface area (Å²) in [6.07, 6.45) is 0. The van der Waals surface area contributed by atoms with Crippen LogP contribution in [0.5, 0.6) is 5.75 Å². The van der Waals surface area contributed by atoms with E-state index in [0.717, 1.165) is 11.3 Å². The SMILES string of the molecule is CCOc1cc(NC(C)c2ccccc2)ccc1[N+](=O)[O-]. The van der Waals surface area contributed by atoms with Crippen molar-refractivity contribution in [3.8, 4) is 5.75 Å². The van der Waals surface area contributed by atoms with Crippen LogP contribution in [-0.4, -0.2) is 11.5 Å². The van der Waals surface area contributed by atoms with Crippen LogP contribution >= 0.6 is 0 Å². The first-order valence-electron chi connectivity index (χ1n) is 6.84. The Balaban J connectivity index is 2.21. The minimum atomic E-state index is -0.435. The smallest absolute Gasteiger partial charge is 0.311 e. The second kappa shape index (κ2) is 6.74. The molecular weight excluding hydrogens is 268 g/mol. The van der Waals surface area contributed by atoms with Crippen LogP contribution in [0.2, 0.25) is 0 Å². The molecule has 5 heteroatoms. The van der Waals surface area contributed by atoms with Gasteiger partial charge in [-0.15, -0.1) is 0 Å². The average molecular weight is 286 g/mol. The molecule has 0 aliphatic heterocycles. The van der Waals surface area contributed by atoms with Gasteiger partial charge in [0.15, 0.2) is 5.75 Å². The number of nitrogens with zero attached hydrogens (tertiary/aromatic N) is 1. The lowest BCUT2D eigenvalue weighted by atomic mass is 10.1. The van der Waals surface area contributed by atoms with Crippen LogP contribution in [0.3, 0.4) is 0 Å². The molecule has 2 aromatic carbocycles. The minimum Gasteiger partial charge on any atom is -0.487 e. The van der Waals surface area contributed by atoms with Gasteiger partial charge in [0.2, 0.25) is 0 Å². The molecule has 0 saturated carbocycles. The van der Waals surface area contributed by atoms with Gasteiger partial charge in [-0.25, -0.2) is 0 Å². The number of nitro benzene ring substituents is 1. The maximum atomic E-state index is 11.0. The maximum Gasteiger partial charge on any atom is 0.311 e. The molecule has 0 aliphatic carbocycles. The standard InChI is InChI=1S/C16H18N2O3/c1-3-21-16-11-14(9-10-15(16)18(19)20)17-12(2)13-7-5-4-6-8-13/h4-12,17H,3H2,1-2H3. The van der Waals surface area contributed by atoms with E-state index in [2.05, 4.69) is 5.32 Å². The Hall–Kier alpha value is -2.56. The zero-order chi connectivity index (χ0) is 15.2. The Morgan fingerprint density at radius 3 is 2.57 bits per heavy atom.